The molecule has 2 atom stereocenters. The van der Waals surface area contributed by atoms with E-state index in [1.54, 1.807) is 14.2 Å². The van der Waals surface area contributed by atoms with Crippen molar-refractivity contribution in [2.45, 2.75) is 18.5 Å². The zero-order chi connectivity index (χ0) is 20.5. The highest BCUT2D eigenvalue weighted by atomic mass is 16.5. The fourth-order valence-electron chi connectivity index (χ4n) is 4.74. The predicted molar refractivity (Wildman–Crippen MR) is 118 cm³/mol. The van der Waals surface area contributed by atoms with E-state index in [0.29, 0.717) is 12.0 Å². The normalized spacial score (nSPS) is 19.9. The van der Waals surface area contributed by atoms with Crippen molar-refractivity contribution >= 4 is 10.9 Å². The maximum atomic E-state index is 5.61. The van der Waals surface area contributed by atoms with Crippen molar-refractivity contribution in [2.24, 2.45) is 7.05 Å². The first-order valence-corrected chi connectivity index (χ1v) is 10.2. The highest BCUT2D eigenvalue weighted by Crippen LogP contribution is 2.37. The fraction of sp³-hybridized carbons (Fsp3) is 0.417. The monoisotopic (exact) mass is 393 g/mol. The number of aromatic nitrogens is 1. The molecule has 1 fully saturated rings. The van der Waals surface area contributed by atoms with Crippen LogP contribution in [0.4, 0.5) is 0 Å². The first-order valence-electron chi connectivity index (χ1n) is 10.2. The van der Waals surface area contributed by atoms with Crippen LogP contribution in [-0.4, -0.2) is 61.8 Å². The number of aryl methyl sites for hydroxylation is 1. The molecule has 0 bridgehead atoms. The predicted octanol–water partition coefficient (Wildman–Crippen LogP) is 3.73. The van der Waals surface area contributed by atoms with Crippen LogP contribution in [0.5, 0.6) is 11.5 Å². The van der Waals surface area contributed by atoms with Crippen molar-refractivity contribution in [1.82, 2.24) is 14.4 Å². The molecule has 5 heteroatoms. The van der Waals surface area contributed by atoms with E-state index in [0.717, 1.165) is 31.1 Å². The largest absolute Gasteiger partial charge is 0.497 e. The molecule has 0 N–H and O–H groups in total. The molecule has 1 aliphatic rings. The van der Waals surface area contributed by atoms with Gasteiger partial charge >= 0.3 is 0 Å². The minimum atomic E-state index is 0.465. The SMILES string of the molecule is COc1ccc(OC)c(CN2C[C@@H](N(C)C)[C@H](c3cn(C)c4ccccc34)C2)c1. The number of rotatable bonds is 6. The van der Waals surface area contributed by atoms with Gasteiger partial charge in [-0.05, 0) is 43.9 Å². The Labute approximate surface area is 173 Å². The third kappa shape index (κ3) is 3.72. The molecule has 29 heavy (non-hydrogen) atoms. The number of fused-ring (bicyclic) bond motifs is 1. The van der Waals surface area contributed by atoms with Crippen LogP contribution in [-0.2, 0) is 13.6 Å². The summed E-state index contributed by atoms with van der Waals surface area (Å²) in [5.74, 6) is 2.25. The van der Waals surface area contributed by atoms with Gasteiger partial charge in [0, 0.05) is 61.3 Å². The molecule has 1 aliphatic heterocycles. The maximum absolute atomic E-state index is 5.61. The molecule has 3 aromatic rings. The minimum Gasteiger partial charge on any atom is -0.497 e. The van der Waals surface area contributed by atoms with Crippen LogP contribution in [0.15, 0.2) is 48.7 Å². The van der Waals surface area contributed by atoms with E-state index in [1.165, 1.54) is 22.0 Å². The van der Waals surface area contributed by atoms with E-state index < -0.39 is 0 Å². The standard InChI is InChI=1S/C24H31N3O2/c1-25(2)23-16-27(13-17-12-18(28-4)10-11-24(17)29-5)15-21(23)20-14-26(3)22-9-7-6-8-19(20)22/h6-12,14,21,23H,13,15-16H2,1-5H3/t21-,23+/m0/s1. The molecule has 2 aromatic carbocycles. The van der Waals surface area contributed by atoms with Gasteiger partial charge in [-0.1, -0.05) is 18.2 Å². The maximum Gasteiger partial charge on any atom is 0.123 e. The average Bonchev–Trinajstić information content (AvgIpc) is 3.29. The summed E-state index contributed by atoms with van der Waals surface area (Å²) >= 11 is 0. The molecule has 0 unspecified atom stereocenters. The van der Waals surface area contributed by atoms with Crippen molar-refractivity contribution in [3.8, 4) is 11.5 Å². The van der Waals surface area contributed by atoms with E-state index in [-0.39, 0.29) is 0 Å². The summed E-state index contributed by atoms with van der Waals surface area (Å²) in [6.45, 7) is 2.91. The smallest absolute Gasteiger partial charge is 0.123 e. The summed E-state index contributed by atoms with van der Waals surface area (Å²) in [4.78, 5) is 4.91. The fourth-order valence-corrected chi connectivity index (χ4v) is 4.74. The quantitative estimate of drug-likeness (QED) is 0.638. The molecular weight excluding hydrogens is 362 g/mol. The van der Waals surface area contributed by atoms with Crippen LogP contribution < -0.4 is 9.47 Å². The molecule has 0 aliphatic carbocycles. The lowest BCUT2D eigenvalue weighted by molar-refractivity contribution is 0.258. The third-order valence-corrected chi connectivity index (χ3v) is 6.24. The summed E-state index contributed by atoms with van der Waals surface area (Å²) in [7, 11) is 9.97. The van der Waals surface area contributed by atoms with Gasteiger partial charge in [-0.25, -0.2) is 0 Å². The Morgan fingerprint density at radius 3 is 2.55 bits per heavy atom. The van der Waals surface area contributed by atoms with Crippen LogP contribution >= 0.6 is 0 Å². The van der Waals surface area contributed by atoms with Crippen LogP contribution in [0.1, 0.15) is 17.0 Å². The van der Waals surface area contributed by atoms with Gasteiger partial charge in [-0.15, -0.1) is 0 Å². The van der Waals surface area contributed by atoms with E-state index in [4.69, 9.17) is 9.47 Å². The van der Waals surface area contributed by atoms with Crippen LogP contribution in [0.2, 0.25) is 0 Å². The van der Waals surface area contributed by atoms with Crippen molar-refractivity contribution in [1.29, 1.82) is 0 Å². The molecule has 0 spiro atoms. The molecule has 5 nitrogen and oxygen atoms in total. The second kappa shape index (κ2) is 8.09. The molecule has 0 saturated carbocycles. The zero-order valence-electron chi connectivity index (χ0n) is 18.1. The van der Waals surface area contributed by atoms with E-state index in [2.05, 4.69) is 72.0 Å². The average molecular weight is 394 g/mol. The Morgan fingerprint density at radius 1 is 1.03 bits per heavy atom. The molecule has 0 radical (unpaired) electrons. The highest BCUT2D eigenvalue weighted by Gasteiger charge is 2.36. The zero-order valence-corrected chi connectivity index (χ0v) is 18.1. The Kier molecular flexibility index (Phi) is 5.52. The number of ether oxygens (including phenoxy) is 2. The summed E-state index contributed by atoms with van der Waals surface area (Å²) in [6.07, 6.45) is 2.32. The van der Waals surface area contributed by atoms with Gasteiger partial charge < -0.3 is 18.9 Å². The number of para-hydroxylation sites is 1. The Bertz CT molecular complexity index is 995. The van der Waals surface area contributed by atoms with Crippen molar-refractivity contribution in [3.05, 3.63) is 59.8 Å². The molecule has 1 aromatic heterocycles. The van der Waals surface area contributed by atoms with Gasteiger partial charge in [0.2, 0.25) is 0 Å². The summed E-state index contributed by atoms with van der Waals surface area (Å²) in [5, 5.41) is 1.37. The summed E-state index contributed by atoms with van der Waals surface area (Å²) in [6, 6.07) is 15.2. The third-order valence-electron chi connectivity index (χ3n) is 6.24. The van der Waals surface area contributed by atoms with Gasteiger partial charge in [0.1, 0.15) is 11.5 Å². The Balaban J connectivity index is 1.64. The lowest BCUT2D eigenvalue weighted by Crippen LogP contribution is -2.34. The van der Waals surface area contributed by atoms with Crippen LogP contribution in [0.3, 0.4) is 0 Å². The van der Waals surface area contributed by atoms with E-state index in [1.807, 2.05) is 12.1 Å². The lowest BCUT2D eigenvalue weighted by Gasteiger charge is -2.25. The van der Waals surface area contributed by atoms with Crippen molar-refractivity contribution in [2.75, 3.05) is 41.4 Å². The lowest BCUT2D eigenvalue weighted by atomic mass is 9.93. The van der Waals surface area contributed by atoms with E-state index >= 15 is 0 Å². The molecule has 2 heterocycles. The molecular formula is C24H31N3O2. The highest BCUT2D eigenvalue weighted by molar-refractivity contribution is 5.84. The molecule has 1 saturated heterocycles. The van der Waals surface area contributed by atoms with Gasteiger partial charge in [0.15, 0.2) is 0 Å². The second-order valence-corrected chi connectivity index (χ2v) is 8.22. The van der Waals surface area contributed by atoms with Crippen molar-refractivity contribution < 1.29 is 9.47 Å². The summed E-state index contributed by atoms with van der Waals surface area (Å²) < 4.78 is 13.3. The first kappa shape index (κ1) is 19.8. The number of hydrogen-bond acceptors (Lipinski definition) is 4. The number of methoxy groups -OCH3 is 2. The van der Waals surface area contributed by atoms with Gasteiger partial charge in [-0.2, -0.15) is 0 Å². The molecule has 4 rings (SSSR count). The molecule has 154 valence electrons. The van der Waals surface area contributed by atoms with Gasteiger partial charge in [0.05, 0.1) is 14.2 Å². The number of hydrogen-bond donors (Lipinski definition) is 0. The van der Waals surface area contributed by atoms with Crippen LogP contribution in [0.25, 0.3) is 10.9 Å². The Morgan fingerprint density at radius 2 is 1.83 bits per heavy atom. The number of likely N-dealkylation sites (N-methyl/N-ethyl adjacent to an activating group) is 1. The minimum absolute atomic E-state index is 0.465. The van der Waals surface area contributed by atoms with Gasteiger partial charge in [-0.3, -0.25) is 4.90 Å². The first-order chi connectivity index (χ1) is 14.0. The van der Waals surface area contributed by atoms with Gasteiger partial charge in [0.25, 0.3) is 0 Å². The van der Waals surface area contributed by atoms with Crippen molar-refractivity contribution in [3.63, 3.8) is 0 Å². The second-order valence-electron chi connectivity index (χ2n) is 8.22. The number of nitrogens with zero attached hydrogens (tertiary/aromatic N) is 3. The topological polar surface area (TPSA) is 29.9 Å². The summed E-state index contributed by atoms with van der Waals surface area (Å²) in [5.41, 5.74) is 3.91. The van der Waals surface area contributed by atoms with Crippen LogP contribution in [0, 0.1) is 0 Å². The van der Waals surface area contributed by atoms with E-state index in [9.17, 15) is 0 Å². The number of benzene rings is 2. The molecule has 0 amide bonds. The Hall–Kier alpha value is -2.50. The number of likely N-dealkylation sites (tertiary alicyclic amines) is 1.